The molecule has 0 bridgehead atoms. The number of hydrogen-bond acceptors (Lipinski definition) is 3. The Bertz CT molecular complexity index is 770. The number of aromatic amines is 2. The molecule has 0 spiro atoms. The average molecular weight is 257 g/mol. The third-order valence-corrected chi connectivity index (χ3v) is 3.17. The Hall–Kier alpha value is -2.01. The lowest BCUT2D eigenvalue weighted by molar-refractivity contribution is 1.05. The first kappa shape index (κ1) is 11.1. The number of aromatic nitrogens is 2. The van der Waals surface area contributed by atoms with Crippen molar-refractivity contribution in [2.45, 2.75) is 13.3 Å². The fourth-order valence-electron chi connectivity index (χ4n) is 2.09. The second-order valence-corrected chi connectivity index (χ2v) is 4.75. The summed E-state index contributed by atoms with van der Waals surface area (Å²) in [4.78, 5) is 21.7. The summed E-state index contributed by atoms with van der Waals surface area (Å²) >= 11 is 4.94. The molecule has 3 rings (SSSR count). The highest BCUT2D eigenvalue weighted by molar-refractivity contribution is 7.71. The van der Waals surface area contributed by atoms with E-state index in [4.69, 9.17) is 12.2 Å². The third kappa shape index (κ3) is 1.82. The molecule has 90 valence electrons. The minimum atomic E-state index is -0.153. The lowest BCUT2D eigenvalue weighted by Gasteiger charge is -2.00. The van der Waals surface area contributed by atoms with Gasteiger partial charge in [0.15, 0.2) is 4.77 Å². The molecule has 2 heterocycles. The van der Waals surface area contributed by atoms with E-state index in [-0.39, 0.29) is 5.56 Å². The van der Waals surface area contributed by atoms with Crippen molar-refractivity contribution in [2.24, 2.45) is 4.99 Å². The zero-order valence-corrected chi connectivity index (χ0v) is 10.6. The van der Waals surface area contributed by atoms with Gasteiger partial charge in [0.05, 0.1) is 11.3 Å². The number of benzene rings is 1. The van der Waals surface area contributed by atoms with E-state index in [1.54, 1.807) is 0 Å². The first-order chi connectivity index (χ1) is 8.63. The second kappa shape index (κ2) is 4.03. The molecule has 4 nitrogen and oxygen atoms in total. The first-order valence-electron chi connectivity index (χ1n) is 5.63. The fraction of sp³-hybridized carbons (Fsp3) is 0.154. The monoisotopic (exact) mass is 257 g/mol. The van der Waals surface area contributed by atoms with E-state index in [0.29, 0.717) is 22.6 Å². The fourth-order valence-corrected chi connectivity index (χ4v) is 2.28. The van der Waals surface area contributed by atoms with Crippen molar-refractivity contribution < 1.29 is 0 Å². The van der Waals surface area contributed by atoms with Crippen LogP contribution in [0, 0.1) is 11.7 Å². The number of rotatable bonds is 1. The predicted octanol–water partition coefficient (Wildman–Crippen LogP) is 2.42. The maximum absolute atomic E-state index is 11.8. The molecule has 1 aromatic heterocycles. The summed E-state index contributed by atoms with van der Waals surface area (Å²) in [5.41, 5.74) is 3.62. The van der Waals surface area contributed by atoms with Gasteiger partial charge in [0.1, 0.15) is 5.82 Å². The van der Waals surface area contributed by atoms with Crippen LogP contribution in [0.4, 0.5) is 5.82 Å². The van der Waals surface area contributed by atoms with Crippen molar-refractivity contribution in [3.63, 3.8) is 0 Å². The number of fused-ring (bicyclic) bond motifs is 1. The van der Waals surface area contributed by atoms with Crippen LogP contribution in [0.5, 0.6) is 0 Å². The lowest BCUT2D eigenvalue weighted by Crippen LogP contribution is -2.14. The van der Waals surface area contributed by atoms with Crippen LogP contribution in [0.2, 0.25) is 0 Å². The first-order valence-corrected chi connectivity index (χ1v) is 6.04. The number of nitrogens with zero attached hydrogens (tertiary/aromatic N) is 1. The SMILES string of the molecule is Cc1cccc(C2=Nc3[nH]c(=S)[nH]c(=O)c3C2)c1. The number of aryl methyl sites for hydroxylation is 1. The molecule has 0 atom stereocenters. The van der Waals surface area contributed by atoms with Gasteiger partial charge >= 0.3 is 0 Å². The van der Waals surface area contributed by atoms with Gasteiger partial charge in [-0.3, -0.25) is 9.78 Å². The van der Waals surface area contributed by atoms with Gasteiger partial charge in [-0.15, -0.1) is 0 Å². The highest BCUT2D eigenvalue weighted by Crippen LogP contribution is 2.23. The molecule has 1 aliphatic heterocycles. The van der Waals surface area contributed by atoms with Gasteiger partial charge < -0.3 is 4.98 Å². The minimum absolute atomic E-state index is 0.153. The van der Waals surface area contributed by atoms with E-state index in [1.807, 2.05) is 25.1 Å². The van der Waals surface area contributed by atoms with Crippen molar-refractivity contribution in [1.82, 2.24) is 9.97 Å². The summed E-state index contributed by atoms with van der Waals surface area (Å²) in [6, 6.07) is 8.09. The summed E-state index contributed by atoms with van der Waals surface area (Å²) in [6.45, 7) is 2.03. The Morgan fingerprint density at radius 3 is 2.94 bits per heavy atom. The Kier molecular flexibility index (Phi) is 2.48. The molecule has 5 heteroatoms. The number of aliphatic imine (C=N–C) groups is 1. The molecule has 0 amide bonds. The van der Waals surface area contributed by atoms with Crippen LogP contribution in [0.15, 0.2) is 34.1 Å². The number of hydrogen-bond donors (Lipinski definition) is 2. The molecular formula is C13H11N3OS. The van der Waals surface area contributed by atoms with Crippen molar-refractivity contribution in [1.29, 1.82) is 0 Å². The maximum atomic E-state index is 11.8. The van der Waals surface area contributed by atoms with Gasteiger partial charge in [0, 0.05) is 6.42 Å². The smallest absolute Gasteiger partial charge is 0.257 e. The molecule has 0 radical (unpaired) electrons. The van der Waals surface area contributed by atoms with E-state index < -0.39 is 0 Å². The van der Waals surface area contributed by atoms with Crippen LogP contribution in [-0.2, 0) is 6.42 Å². The van der Waals surface area contributed by atoms with Crippen LogP contribution in [0.3, 0.4) is 0 Å². The topological polar surface area (TPSA) is 61.0 Å². The average Bonchev–Trinajstić information content (AvgIpc) is 2.73. The quantitative estimate of drug-likeness (QED) is 0.771. The number of H-pyrrole nitrogens is 2. The molecule has 0 fully saturated rings. The number of nitrogens with one attached hydrogen (secondary N) is 2. The zero-order valence-electron chi connectivity index (χ0n) is 9.78. The maximum Gasteiger partial charge on any atom is 0.257 e. The van der Waals surface area contributed by atoms with Crippen LogP contribution in [0.1, 0.15) is 16.7 Å². The molecule has 18 heavy (non-hydrogen) atoms. The van der Waals surface area contributed by atoms with Crippen LogP contribution in [-0.4, -0.2) is 15.7 Å². The Labute approximate surface area is 108 Å². The second-order valence-electron chi connectivity index (χ2n) is 4.34. The van der Waals surface area contributed by atoms with Gasteiger partial charge in [0.25, 0.3) is 5.56 Å². The van der Waals surface area contributed by atoms with Crippen LogP contribution >= 0.6 is 12.2 Å². The third-order valence-electron chi connectivity index (χ3n) is 2.96. The van der Waals surface area contributed by atoms with Crippen molar-refractivity contribution in [3.05, 3.63) is 56.1 Å². The van der Waals surface area contributed by atoms with Crippen molar-refractivity contribution in [2.75, 3.05) is 0 Å². The summed E-state index contributed by atoms with van der Waals surface area (Å²) in [7, 11) is 0. The van der Waals surface area contributed by atoms with E-state index in [1.165, 1.54) is 5.56 Å². The van der Waals surface area contributed by atoms with Gasteiger partial charge in [-0.1, -0.05) is 29.8 Å². The van der Waals surface area contributed by atoms with Gasteiger partial charge in [-0.05, 0) is 24.7 Å². The molecule has 0 saturated heterocycles. The Morgan fingerprint density at radius 2 is 2.17 bits per heavy atom. The molecule has 0 unspecified atom stereocenters. The van der Waals surface area contributed by atoms with Gasteiger partial charge in [0.2, 0.25) is 0 Å². The van der Waals surface area contributed by atoms with Crippen LogP contribution < -0.4 is 5.56 Å². The summed E-state index contributed by atoms with van der Waals surface area (Å²) in [5, 5.41) is 0. The van der Waals surface area contributed by atoms with Crippen molar-refractivity contribution in [3.8, 4) is 0 Å². The van der Waals surface area contributed by atoms with E-state index in [2.05, 4.69) is 21.0 Å². The standard InChI is InChI=1S/C13H11N3OS/c1-7-3-2-4-8(5-7)10-6-9-11(14-10)15-13(18)16-12(9)17/h2-5H,6H2,1H3,(H2,15,16,17,18). The zero-order chi connectivity index (χ0) is 12.7. The molecule has 0 saturated carbocycles. The molecule has 1 aliphatic rings. The Morgan fingerprint density at radius 1 is 1.33 bits per heavy atom. The molecular weight excluding hydrogens is 246 g/mol. The largest absolute Gasteiger partial charge is 0.317 e. The summed E-state index contributed by atoms with van der Waals surface area (Å²) in [5.74, 6) is 0.584. The highest BCUT2D eigenvalue weighted by Gasteiger charge is 2.19. The normalized spacial score (nSPS) is 13.3. The molecule has 2 aromatic rings. The molecule has 1 aromatic carbocycles. The highest BCUT2D eigenvalue weighted by atomic mass is 32.1. The van der Waals surface area contributed by atoms with Gasteiger partial charge in [-0.2, -0.15) is 0 Å². The van der Waals surface area contributed by atoms with Crippen molar-refractivity contribution >= 4 is 23.7 Å². The molecule has 0 aliphatic carbocycles. The van der Waals surface area contributed by atoms with Crippen LogP contribution in [0.25, 0.3) is 0 Å². The van der Waals surface area contributed by atoms with E-state index in [9.17, 15) is 4.79 Å². The summed E-state index contributed by atoms with van der Waals surface area (Å²) in [6.07, 6.45) is 0.542. The van der Waals surface area contributed by atoms with E-state index in [0.717, 1.165) is 11.3 Å². The predicted molar refractivity (Wildman–Crippen MR) is 73.3 cm³/mol. The lowest BCUT2D eigenvalue weighted by atomic mass is 10.0. The van der Waals surface area contributed by atoms with E-state index >= 15 is 0 Å². The molecule has 2 N–H and O–H groups in total. The minimum Gasteiger partial charge on any atom is -0.317 e. The van der Waals surface area contributed by atoms with Gasteiger partial charge in [-0.25, -0.2) is 4.99 Å². The Balaban J connectivity index is 2.11. The summed E-state index contributed by atoms with van der Waals surface area (Å²) < 4.78 is 0.313.